The average molecular weight is 1040 g/mol. The molecule has 12 nitrogen and oxygen atoms in total. The predicted molar refractivity (Wildman–Crippen MR) is 294 cm³/mol. The monoisotopic (exact) mass is 1040 g/mol. The molecule has 0 aromatic rings. The zero-order valence-corrected chi connectivity index (χ0v) is 46.8. The number of esters is 1. The highest BCUT2D eigenvalue weighted by molar-refractivity contribution is 7.80. The quantitative estimate of drug-likeness (QED) is 0.0196. The third kappa shape index (κ3) is 42.5. The molecule has 1 aliphatic heterocycles. The first-order valence-electron chi connectivity index (χ1n) is 29.7. The van der Waals surface area contributed by atoms with Crippen LogP contribution in [-0.4, -0.2) is 97.5 Å². The molecule has 1 saturated heterocycles. The summed E-state index contributed by atoms with van der Waals surface area (Å²) in [5, 5.41) is 30.9. The highest BCUT2D eigenvalue weighted by Crippen LogP contribution is 2.26. The Balaban J connectivity index is 2.28. The average Bonchev–Trinajstić information content (AvgIpc) is 3.36. The van der Waals surface area contributed by atoms with Crippen molar-refractivity contribution in [1.29, 1.82) is 0 Å². The molecule has 72 heavy (non-hydrogen) atoms. The van der Waals surface area contributed by atoms with E-state index in [2.05, 4.69) is 54.5 Å². The van der Waals surface area contributed by atoms with Crippen LogP contribution in [-0.2, 0) is 38.3 Å². The smallest absolute Gasteiger partial charge is 0.397 e. The van der Waals surface area contributed by atoms with Gasteiger partial charge in [0.2, 0.25) is 0 Å². The molecule has 1 heterocycles. The van der Waals surface area contributed by atoms with Crippen molar-refractivity contribution in [1.82, 2.24) is 0 Å². The number of aliphatic hydroxyl groups is 3. The summed E-state index contributed by atoms with van der Waals surface area (Å²) in [5.41, 5.74) is 0. The maximum absolute atomic E-state index is 13.0. The first-order valence-corrected chi connectivity index (χ1v) is 31.1. The van der Waals surface area contributed by atoms with E-state index in [-0.39, 0.29) is 19.6 Å². The van der Waals surface area contributed by atoms with Gasteiger partial charge in [0.25, 0.3) is 0 Å². The first kappa shape index (κ1) is 68.3. The summed E-state index contributed by atoms with van der Waals surface area (Å²) < 4.78 is 59.5. The third-order valence-corrected chi connectivity index (χ3v) is 14.2. The number of unbranched alkanes of at least 4 members (excludes halogenated alkanes) is 34. The molecule has 0 aromatic carbocycles. The predicted octanol–water partition coefficient (Wildman–Crippen LogP) is 14.9. The van der Waals surface area contributed by atoms with E-state index in [1.54, 1.807) is 0 Å². The Labute approximate surface area is 441 Å². The number of carbonyl (C=O) groups excluding carboxylic acids is 1. The Morgan fingerprint density at radius 1 is 0.528 bits per heavy atom. The second kappa shape index (κ2) is 50.2. The summed E-state index contributed by atoms with van der Waals surface area (Å²) in [6.45, 7) is 4.03. The molecule has 0 radical (unpaired) electrons. The van der Waals surface area contributed by atoms with E-state index >= 15 is 0 Å². The highest BCUT2D eigenvalue weighted by Gasteiger charge is 2.48. The highest BCUT2D eigenvalue weighted by atomic mass is 32.3. The van der Waals surface area contributed by atoms with Crippen LogP contribution in [0.2, 0.25) is 0 Å². The van der Waals surface area contributed by atoms with Crippen molar-refractivity contribution in [2.45, 2.75) is 307 Å². The molecule has 0 bridgehead atoms. The van der Waals surface area contributed by atoms with Gasteiger partial charge in [-0.3, -0.25) is 9.35 Å². The minimum atomic E-state index is -5.07. The number of hydrogen-bond acceptors (Lipinski definition) is 11. The van der Waals surface area contributed by atoms with Crippen molar-refractivity contribution in [3.05, 3.63) is 36.5 Å². The van der Waals surface area contributed by atoms with E-state index < -0.39 is 59.8 Å². The molecule has 1 rings (SSSR count). The first-order chi connectivity index (χ1) is 35.1. The molecule has 0 amide bonds. The fraction of sp³-hybridized carbons (Fsp3) is 0.881. The zero-order chi connectivity index (χ0) is 52.4. The van der Waals surface area contributed by atoms with Crippen molar-refractivity contribution in [3.8, 4) is 0 Å². The molecule has 6 atom stereocenters. The van der Waals surface area contributed by atoms with Crippen LogP contribution >= 0.6 is 0 Å². The van der Waals surface area contributed by atoms with Crippen LogP contribution in [0, 0.1) is 0 Å². The Hall–Kier alpha value is -1.68. The molecule has 0 saturated carbocycles. The fourth-order valence-electron chi connectivity index (χ4n) is 9.23. The van der Waals surface area contributed by atoms with Gasteiger partial charge in [-0.2, -0.15) is 8.42 Å². The lowest BCUT2D eigenvalue weighted by molar-refractivity contribution is -0.301. The van der Waals surface area contributed by atoms with Gasteiger partial charge in [0, 0.05) is 13.0 Å². The number of rotatable bonds is 53. The number of hydrogen-bond donors (Lipinski definition) is 4. The molecule has 1 aliphatic rings. The van der Waals surface area contributed by atoms with Gasteiger partial charge >= 0.3 is 16.4 Å². The molecular formula is C59H110O12S. The summed E-state index contributed by atoms with van der Waals surface area (Å²) in [6, 6.07) is 0. The molecule has 0 aliphatic carbocycles. The second-order valence-corrected chi connectivity index (χ2v) is 21.6. The van der Waals surface area contributed by atoms with Crippen molar-refractivity contribution >= 4 is 16.4 Å². The van der Waals surface area contributed by atoms with Gasteiger partial charge in [-0.25, -0.2) is 4.18 Å². The van der Waals surface area contributed by atoms with Gasteiger partial charge in [-0.05, 0) is 70.6 Å². The maximum atomic E-state index is 13.0. The van der Waals surface area contributed by atoms with Crippen molar-refractivity contribution in [3.63, 3.8) is 0 Å². The molecule has 6 unspecified atom stereocenters. The van der Waals surface area contributed by atoms with Crippen LogP contribution in [0.5, 0.6) is 0 Å². The summed E-state index contributed by atoms with van der Waals surface area (Å²) in [5.74, 6) is -0.396. The van der Waals surface area contributed by atoms with Crippen LogP contribution in [0.15, 0.2) is 36.5 Å². The van der Waals surface area contributed by atoms with E-state index in [9.17, 15) is 33.1 Å². The van der Waals surface area contributed by atoms with E-state index in [0.29, 0.717) is 13.0 Å². The largest absolute Gasteiger partial charge is 0.457 e. The Morgan fingerprint density at radius 2 is 0.917 bits per heavy atom. The molecule has 1 fully saturated rings. The second-order valence-electron chi connectivity index (χ2n) is 20.6. The van der Waals surface area contributed by atoms with E-state index in [0.717, 1.165) is 44.9 Å². The van der Waals surface area contributed by atoms with E-state index in [4.69, 9.17) is 18.9 Å². The number of aliphatic hydroxyl groups excluding tert-OH is 3. The van der Waals surface area contributed by atoms with Gasteiger partial charge in [-0.1, -0.05) is 230 Å². The minimum Gasteiger partial charge on any atom is -0.457 e. The van der Waals surface area contributed by atoms with E-state index in [1.807, 2.05) is 0 Å². The van der Waals surface area contributed by atoms with Crippen LogP contribution < -0.4 is 0 Å². The molecule has 4 N–H and O–H groups in total. The molecule has 424 valence electrons. The summed E-state index contributed by atoms with van der Waals surface area (Å²) in [7, 11) is -5.07. The van der Waals surface area contributed by atoms with Crippen molar-refractivity contribution in [2.75, 3.05) is 26.4 Å². The number of ether oxygens (including phenoxy) is 4. The van der Waals surface area contributed by atoms with Crippen LogP contribution in [0.3, 0.4) is 0 Å². The maximum Gasteiger partial charge on any atom is 0.397 e. The SMILES string of the molecule is CCCCCCC/C=C\C/C=C\CCCCCCCCCCCCCCCC(=O)OC(COCCCCCCCCCCCC/C=C\CCCCCCCC)COC1OC(CO)C(O)C(OS(=O)(=O)O)C1O. The topological polar surface area (TPSA) is 178 Å². The van der Waals surface area contributed by atoms with Crippen molar-refractivity contribution < 1.29 is 56.2 Å². The molecule has 0 spiro atoms. The lowest BCUT2D eigenvalue weighted by atomic mass is 9.99. The van der Waals surface area contributed by atoms with Gasteiger partial charge < -0.3 is 34.3 Å². The standard InChI is InChI=1S/C59H110O12S/c1-3-5-7-9-11-13-15-17-19-21-23-25-26-27-28-29-30-32-34-36-38-40-42-44-46-48-55(61)69-53(52-68-59-57(63)58(71-72(64,65)66)56(62)54(50-60)70-59)51-67-49-47-45-43-41-39-37-35-33-31-24-22-20-18-16-14-12-10-8-6-4-2/h15,17-18,20-21,23,53-54,56-60,62-63H,3-14,16,19,22,24-52H2,1-2H3,(H,64,65,66)/b17-15-,20-18-,23-21-. The van der Waals surface area contributed by atoms with Crippen LogP contribution in [0.4, 0.5) is 0 Å². The molecule has 13 heteroatoms. The Morgan fingerprint density at radius 3 is 1.33 bits per heavy atom. The van der Waals surface area contributed by atoms with Gasteiger partial charge in [0.15, 0.2) is 6.29 Å². The number of allylic oxidation sites excluding steroid dienone is 6. The molecule has 0 aromatic heterocycles. The van der Waals surface area contributed by atoms with Gasteiger partial charge in [0.1, 0.15) is 30.5 Å². The summed E-state index contributed by atoms with van der Waals surface area (Å²) >= 11 is 0. The normalized spacial score (nSPS) is 19.1. The van der Waals surface area contributed by atoms with Crippen molar-refractivity contribution in [2.24, 2.45) is 0 Å². The van der Waals surface area contributed by atoms with Crippen LogP contribution in [0.25, 0.3) is 0 Å². The third-order valence-electron chi connectivity index (χ3n) is 13.7. The van der Waals surface area contributed by atoms with Crippen LogP contribution in [0.1, 0.15) is 271 Å². The van der Waals surface area contributed by atoms with Gasteiger partial charge in [0.05, 0.1) is 19.8 Å². The Kier molecular flexibility index (Phi) is 47.6. The summed E-state index contributed by atoms with van der Waals surface area (Å²) in [6.07, 6.45) is 53.2. The summed E-state index contributed by atoms with van der Waals surface area (Å²) in [4.78, 5) is 13.0. The fourth-order valence-corrected chi connectivity index (χ4v) is 9.74. The van der Waals surface area contributed by atoms with E-state index in [1.165, 1.54) is 199 Å². The molecular weight excluding hydrogens is 933 g/mol. The zero-order valence-electron chi connectivity index (χ0n) is 46.0. The lowest BCUT2D eigenvalue weighted by Gasteiger charge is -2.41. The number of carbonyl (C=O) groups is 1. The lowest BCUT2D eigenvalue weighted by Crippen LogP contribution is -2.60. The minimum absolute atomic E-state index is 0.0374. The van der Waals surface area contributed by atoms with Gasteiger partial charge in [-0.15, -0.1) is 0 Å². The Bertz CT molecular complexity index is 1390.